The van der Waals surface area contributed by atoms with Gasteiger partial charge in [-0.15, -0.1) is 0 Å². The van der Waals surface area contributed by atoms with Crippen molar-refractivity contribution in [3.05, 3.63) is 35.9 Å². The summed E-state index contributed by atoms with van der Waals surface area (Å²) in [7, 11) is 0. The van der Waals surface area contributed by atoms with Crippen LogP contribution in [0.4, 0.5) is 0 Å². The first kappa shape index (κ1) is 10.8. The largest absolute Gasteiger partial charge is 0.198 e. The van der Waals surface area contributed by atoms with Crippen molar-refractivity contribution in [1.29, 1.82) is 5.26 Å². The number of hydrogen-bond donors (Lipinski definition) is 0. The first-order valence-electron chi connectivity index (χ1n) is 5.15. The normalized spacial score (nSPS) is 12.4. The molecule has 1 rings (SSSR count). The van der Waals surface area contributed by atoms with Gasteiger partial charge >= 0.3 is 0 Å². The summed E-state index contributed by atoms with van der Waals surface area (Å²) in [5.41, 5.74) is 1.33. The van der Waals surface area contributed by atoms with E-state index in [1.54, 1.807) is 0 Å². The molecule has 0 heterocycles. The molecule has 1 atom stereocenters. The van der Waals surface area contributed by atoms with Gasteiger partial charge in [0, 0.05) is 6.42 Å². The van der Waals surface area contributed by atoms with Gasteiger partial charge in [0.2, 0.25) is 0 Å². The van der Waals surface area contributed by atoms with Crippen LogP contribution in [-0.4, -0.2) is 0 Å². The number of benzene rings is 1. The summed E-state index contributed by atoms with van der Waals surface area (Å²) in [6.45, 7) is 4.37. The van der Waals surface area contributed by atoms with Crippen molar-refractivity contribution in [3.63, 3.8) is 0 Å². The third-order valence-electron chi connectivity index (χ3n) is 2.64. The minimum absolute atomic E-state index is 0.488. The summed E-state index contributed by atoms with van der Waals surface area (Å²) in [6.07, 6.45) is 1.68. The Bertz CT molecular complexity index is 295. The third-order valence-corrected chi connectivity index (χ3v) is 2.64. The van der Waals surface area contributed by atoms with E-state index in [1.807, 2.05) is 6.07 Å². The van der Waals surface area contributed by atoms with Crippen molar-refractivity contribution < 1.29 is 0 Å². The molecule has 74 valence electrons. The lowest BCUT2D eigenvalue weighted by Crippen LogP contribution is -2.11. The molecule has 0 aromatic heterocycles. The van der Waals surface area contributed by atoms with Crippen molar-refractivity contribution in [2.24, 2.45) is 11.8 Å². The van der Waals surface area contributed by atoms with Crippen LogP contribution in [0.2, 0.25) is 0 Å². The zero-order valence-electron chi connectivity index (χ0n) is 8.90. The van der Waals surface area contributed by atoms with Crippen molar-refractivity contribution in [3.8, 4) is 6.07 Å². The van der Waals surface area contributed by atoms with E-state index < -0.39 is 0 Å². The molecule has 1 nitrogen and oxygen atoms in total. The summed E-state index contributed by atoms with van der Waals surface area (Å²) in [4.78, 5) is 0. The van der Waals surface area contributed by atoms with E-state index in [0.717, 1.165) is 6.42 Å². The van der Waals surface area contributed by atoms with Gasteiger partial charge in [-0.25, -0.2) is 0 Å². The van der Waals surface area contributed by atoms with Crippen LogP contribution in [0, 0.1) is 23.2 Å². The van der Waals surface area contributed by atoms with Crippen LogP contribution in [0.3, 0.4) is 0 Å². The lowest BCUT2D eigenvalue weighted by molar-refractivity contribution is 0.389. The second-order valence-electron chi connectivity index (χ2n) is 4.06. The fraction of sp³-hybridized carbons (Fsp3) is 0.462. The van der Waals surface area contributed by atoms with Crippen LogP contribution in [-0.2, 0) is 6.42 Å². The molecule has 0 radical (unpaired) electrons. The summed E-state index contributed by atoms with van der Waals surface area (Å²) in [5.74, 6) is 1.07. The van der Waals surface area contributed by atoms with Crippen LogP contribution < -0.4 is 0 Å². The van der Waals surface area contributed by atoms with E-state index in [9.17, 15) is 0 Å². The highest BCUT2D eigenvalue weighted by atomic mass is 14.3. The van der Waals surface area contributed by atoms with Gasteiger partial charge in [0.05, 0.1) is 6.07 Å². The van der Waals surface area contributed by atoms with Gasteiger partial charge in [0.15, 0.2) is 0 Å². The fourth-order valence-electron chi connectivity index (χ4n) is 1.58. The van der Waals surface area contributed by atoms with Gasteiger partial charge in [0.25, 0.3) is 0 Å². The molecule has 0 saturated carbocycles. The van der Waals surface area contributed by atoms with Gasteiger partial charge in [-0.3, -0.25) is 0 Å². The van der Waals surface area contributed by atoms with E-state index in [2.05, 4.69) is 44.2 Å². The standard InChI is InChI=1S/C13H17N/c1-11(2)13(8-9-14)10-12-6-4-3-5-7-12/h3-7,11,13H,8,10H2,1-2H3. The Labute approximate surface area is 86.4 Å². The number of nitriles is 1. The highest BCUT2D eigenvalue weighted by Gasteiger charge is 2.13. The lowest BCUT2D eigenvalue weighted by Gasteiger charge is -2.17. The minimum Gasteiger partial charge on any atom is -0.198 e. The number of nitrogens with zero attached hydrogens (tertiary/aromatic N) is 1. The molecule has 0 amide bonds. The third kappa shape index (κ3) is 3.22. The van der Waals surface area contributed by atoms with Crippen LogP contribution in [0.1, 0.15) is 25.8 Å². The second kappa shape index (κ2) is 5.44. The number of rotatable bonds is 4. The maximum atomic E-state index is 8.71. The first-order chi connectivity index (χ1) is 6.74. The molecule has 1 heteroatoms. The van der Waals surface area contributed by atoms with E-state index in [1.165, 1.54) is 5.56 Å². The quantitative estimate of drug-likeness (QED) is 0.708. The zero-order chi connectivity index (χ0) is 10.4. The van der Waals surface area contributed by atoms with Crippen molar-refractivity contribution >= 4 is 0 Å². The second-order valence-corrected chi connectivity index (χ2v) is 4.06. The van der Waals surface area contributed by atoms with Gasteiger partial charge in [0.1, 0.15) is 0 Å². The Kier molecular flexibility index (Phi) is 4.19. The van der Waals surface area contributed by atoms with Crippen molar-refractivity contribution in [2.75, 3.05) is 0 Å². The monoisotopic (exact) mass is 187 g/mol. The van der Waals surface area contributed by atoms with E-state index in [-0.39, 0.29) is 0 Å². The summed E-state index contributed by atoms with van der Waals surface area (Å²) >= 11 is 0. The molecular weight excluding hydrogens is 170 g/mol. The smallest absolute Gasteiger partial charge is 0.0624 e. The van der Waals surface area contributed by atoms with Crippen molar-refractivity contribution in [1.82, 2.24) is 0 Å². The van der Waals surface area contributed by atoms with Gasteiger partial charge < -0.3 is 0 Å². The van der Waals surface area contributed by atoms with Gasteiger partial charge in [-0.1, -0.05) is 44.2 Å². The Morgan fingerprint density at radius 1 is 1.21 bits per heavy atom. The highest BCUT2D eigenvalue weighted by molar-refractivity contribution is 5.15. The molecule has 0 saturated heterocycles. The van der Waals surface area contributed by atoms with Crippen LogP contribution in [0.5, 0.6) is 0 Å². The van der Waals surface area contributed by atoms with Gasteiger partial charge in [-0.05, 0) is 23.8 Å². The van der Waals surface area contributed by atoms with Crippen LogP contribution >= 0.6 is 0 Å². The van der Waals surface area contributed by atoms with E-state index >= 15 is 0 Å². The molecule has 1 aromatic rings. The predicted molar refractivity (Wildman–Crippen MR) is 58.7 cm³/mol. The molecule has 0 N–H and O–H groups in total. The Hall–Kier alpha value is -1.29. The average molecular weight is 187 g/mol. The summed E-state index contributed by atoms with van der Waals surface area (Å²) in [6, 6.07) is 12.7. The predicted octanol–water partition coefficient (Wildman–Crippen LogP) is 3.41. The molecule has 0 spiro atoms. The van der Waals surface area contributed by atoms with E-state index in [0.29, 0.717) is 18.3 Å². The van der Waals surface area contributed by atoms with Gasteiger partial charge in [-0.2, -0.15) is 5.26 Å². The molecule has 0 fully saturated rings. The highest BCUT2D eigenvalue weighted by Crippen LogP contribution is 2.19. The number of hydrogen-bond acceptors (Lipinski definition) is 1. The molecule has 14 heavy (non-hydrogen) atoms. The Balaban J connectivity index is 2.61. The molecule has 1 unspecified atom stereocenters. The first-order valence-corrected chi connectivity index (χ1v) is 5.15. The molecule has 0 aliphatic carbocycles. The van der Waals surface area contributed by atoms with Crippen LogP contribution in [0.25, 0.3) is 0 Å². The van der Waals surface area contributed by atoms with Crippen LogP contribution in [0.15, 0.2) is 30.3 Å². The van der Waals surface area contributed by atoms with Crippen molar-refractivity contribution in [2.45, 2.75) is 26.7 Å². The summed E-state index contributed by atoms with van der Waals surface area (Å²) in [5, 5.41) is 8.71. The average Bonchev–Trinajstić information content (AvgIpc) is 2.18. The Morgan fingerprint density at radius 2 is 1.86 bits per heavy atom. The molecule has 0 aliphatic rings. The molecule has 0 aliphatic heterocycles. The maximum absolute atomic E-state index is 8.71. The topological polar surface area (TPSA) is 23.8 Å². The van der Waals surface area contributed by atoms with E-state index in [4.69, 9.17) is 5.26 Å². The minimum atomic E-state index is 0.488. The fourth-order valence-corrected chi connectivity index (χ4v) is 1.58. The maximum Gasteiger partial charge on any atom is 0.0624 e. The zero-order valence-corrected chi connectivity index (χ0v) is 8.90. The lowest BCUT2D eigenvalue weighted by atomic mass is 9.87. The Morgan fingerprint density at radius 3 is 2.36 bits per heavy atom. The summed E-state index contributed by atoms with van der Waals surface area (Å²) < 4.78 is 0. The molecule has 1 aromatic carbocycles. The molecular formula is C13H17N. The molecule has 0 bridgehead atoms. The SMILES string of the molecule is CC(C)C(CC#N)Cc1ccccc1.